The third-order valence-corrected chi connectivity index (χ3v) is 6.08. The van der Waals surface area contributed by atoms with Gasteiger partial charge in [-0.15, -0.1) is 0 Å². The smallest absolute Gasteiger partial charge is 0.260 e. The minimum atomic E-state index is -0.0459. The molecular formula is C23H29N5O3. The number of hydrogen-bond acceptors (Lipinski definition) is 6. The highest BCUT2D eigenvalue weighted by Gasteiger charge is 2.29. The fourth-order valence-corrected chi connectivity index (χ4v) is 4.26. The number of carbonyl (C=O) groups is 2. The minimum Gasteiger partial charge on any atom is -0.484 e. The second-order valence-corrected chi connectivity index (χ2v) is 8.05. The number of piperidine rings is 1. The summed E-state index contributed by atoms with van der Waals surface area (Å²) in [6, 6.07) is 9.37. The van der Waals surface area contributed by atoms with E-state index in [0.717, 1.165) is 48.8 Å². The fourth-order valence-electron chi connectivity index (χ4n) is 4.26. The Kier molecular flexibility index (Phi) is 6.34. The molecule has 0 saturated carbocycles. The van der Waals surface area contributed by atoms with Crippen LogP contribution in [-0.4, -0.2) is 64.9 Å². The summed E-state index contributed by atoms with van der Waals surface area (Å²) in [6.45, 7) is 4.18. The van der Waals surface area contributed by atoms with E-state index in [0.29, 0.717) is 25.3 Å². The maximum Gasteiger partial charge on any atom is 0.260 e. The number of fused-ring (bicyclic) bond motifs is 1. The van der Waals surface area contributed by atoms with Crippen molar-refractivity contribution >= 4 is 17.6 Å². The fraction of sp³-hybridized carbons (Fsp3) is 0.478. The first-order chi connectivity index (χ1) is 15.0. The van der Waals surface area contributed by atoms with E-state index in [9.17, 15) is 9.59 Å². The standard InChI is InChI=1S/C23H29N5O3/c1-16(29)27-11-8-17(9-12-27)22-25-20-14-28(13-10-19(20)23(24-2)26-22)21(30)15-31-18-6-4-3-5-7-18/h3-7,17H,8-15H2,1-2H3,(H,24,25,26). The summed E-state index contributed by atoms with van der Waals surface area (Å²) >= 11 is 0. The number of aromatic nitrogens is 2. The van der Waals surface area contributed by atoms with Gasteiger partial charge in [0.05, 0.1) is 12.2 Å². The normalized spacial score (nSPS) is 16.6. The summed E-state index contributed by atoms with van der Waals surface area (Å²) in [5.74, 6) is 2.64. The number of nitrogens with zero attached hydrogens (tertiary/aromatic N) is 4. The molecule has 0 atom stereocenters. The van der Waals surface area contributed by atoms with Crippen LogP contribution in [-0.2, 0) is 22.6 Å². The minimum absolute atomic E-state index is 0.0136. The van der Waals surface area contributed by atoms with E-state index in [1.807, 2.05) is 42.3 Å². The average Bonchev–Trinajstić information content (AvgIpc) is 2.82. The number of rotatable bonds is 5. The molecule has 8 heteroatoms. The largest absolute Gasteiger partial charge is 0.484 e. The first-order valence-electron chi connectivity index (χ1n) is 10.8. The van der Waals surface area contributed by atoms with Crippen LogP contribution < -0.4 is 10.1 Å². The number of likely N-dealkylation sites (tertiary alicyclic amines) is 1. The number of anilines is 1. The predicted octanol–water partition coefficient (Wildman–Crippen LogP) is 2.21. The molecule has 2 amide bonds. The molecule has 2 aliphatic heterocycles. The molecule has 0 spiro atoms. The van der Waals surface area contributed by atoms with Crippen molar-refractivity contribution in [1.82, 2.24) is 19.8 Å². The van der Waals surface area contributed by atoms with Crippen LogP contribution in [0.25, 0.3) is 0 Å². The van der Waals surface area contributed by atoms with E-state index < -0.39 is 0 Å². The molecule has 0 unspecified atom stereocenters. The quantitative estimate of drug-likeness (QED) is 0.793. The van der Waals surface area contributed by atoms with Gasteiger partial charge in [0, 0.05) is 45.1 Å². The van der Waals surface area contributed by atoms with Gasteiger partial charge in [-0.05, 0) is 31.4 Å². The van der Waals surface area contributed by atoms with Crippen LogP contribution in [0.15, 0.2) is 30.3 Å². The van der Waals surface area contributed by atoms with E-state index in [-0.39, 0.29) is 24.3 Å². The van der Waals surface area contributed by atoms with Crippen molar-refractivity contribution in [3.05, 3.63) is 47.4 Å². The van der Waals surface area contributed by atoms with Crippen LogP contribution in [0.1, 0.15) is 42.8 Å². The Hall–Kier alpha value is -3.16. The molecular weight excluding hydrogens is 394 g/mol. The lowest BCUT2D eigenvalue weighted by Gasteiger charge is -2.32. The molecule has 164 valence electrons. The summed E-state index contributed by atoms with van der Waals surface area (Å²) < 4.78 is 5.63. The van der Waals surface area contributed by atoms with E-state index >= 15 is 0 Å². The van der Waals surface area contributed by atoms with Gasteiger partial charge in [-0.3, -0.25) is 9.59 Å². The average molecular weight is 424 g/mol. The topological polar surface area (TPSA) is 87.7 Å². The highest BCUT2D eigenvalue weighted by molar-refractivity contribution is 5.78. The predicted molar refractivity (Wildman–Crippen MR) is 117 cm³/mol. The lowest BCUT2D eigenvalue weighted by Crippen LogP contribution is -2.40. The molecule has 1 fully saturated rings. The number of benzene rings is 1. The Morgan fingerprint density at radius 1 is 1.10 bits per heavy atom. The van der Waals surface area contributed by atoms with Crippen molar-refractivity contribution < 1.29 is 14.3 Å². The van der Waals surface area contributed by atoms with Crippen molar-refractivity contribution in [2.24, 2.45) is 0 Å². The van der Waals surface area contributed by atoms with Gasteiger partial charge in [0.25, 0.3) is 5.91 Å². The molecule has 0 aliphatic carbocycles. The van der Waals surface area contributed by atoms with Gasteiger partial charge in [-0.2, -0.15) is 0 Å². The van der Waals surface area contributed by atoms with Crippen LogP contribution in [0.2, 0.25) is 0 Å². The van der Waals surface area contributed by atoms with E-state index in [1.54, 1.807) is 11.8 Å². The molecule has 2 aromatic rings. The van der Waals surface area contributed by atoms with Gasteiger partial charge in [0.15, 0.2) is 6.61 Å². The highest BCUT2D eigenvalue weighted by atomic mass is 16.5. The first-order valence-corrected chi connectivity index (χ1v) is 10.8. The van der Waals surface area contributed by atoms with Gasteiger partial charge in [-0.1, -0.05) is 18.2 Å². The van der Waals surface area contributed by atoms with Crippen LogP contribution in [0, 0.1) is 0 Å². The van der Waals surface area contributed by atoms with Crippen LogP contribution in [0.3, 0.4) is 0 Å². The molecule has 4 rings (SSSR count). The Labute approximate surface area is 182 Å². The van der Waals surface area contributed by atoms with E-state index in [4.69, 9.17) is 14.7 Å². The van der Waals surface area contributed by atoms with Crippen molar-refractivity contribution in [2.75, 3.05) is 38.6 Å². The van der Waals surface area contributed by atoms with Crippen LogP contribution in [0.4, 0.5) is 5.82 Å². The zero-order valence-electron chi connectivity index (χ0n) is 18.1. The van der Waals surface area contributed by atoms with Gasteiger partial charge >= 0.3 is 0 Å². The number of carbonyl (C=O) groups excluding carboxylic acids is 2. The summed E-state index contributed by atoms with van der Waals surface area (Å²) in [5, 5.41) is 3.21. The summed E-state index contributed by atoms with van der Waals surface area (Å²) in [5.41, 5.74) is 1.99. The van der Waals surface area contributed by atoms with Gasteiger partial charge in [0.2, 0.25) is 5.91 Å². The third kappa shape index (κ3) is 4.78. The molecule has 0 radical (unpaired) electrons. The van der Waals surface area contributed by atoms with Crippen molar-refractivity contribution in [2.45, 2.75) is 38.6 Å². The number of amides is 2. The Balaban J connectivity index is 1.45. The maximum absolute atomic E-state index is 12.7. The number of para-hydroxylation sites is 1. The van der Waals surface area contributed by atoms with Gasteiger partial charge in [-0.25, -0.2) is 9.97 Å². The van der Waals surface area contributed by atoms with E-state index in [2.05, 4.69) is 5.32 Å². The molecule has 3 heterocycles. The monoisotopic (exact) mass is 423 g/mol. The maximum atomic E-state index is 12.7. The Morgan fingerprint density at radius 3 is 2.52 bits per heavy atom. The first kappa shape index (κ1) is 21.1. The molecule has 8 nitrogen and oxygen atoms in total. The number of ether oxygens (including phenoxy) is 1. The zero-order valence-corrected chi connectivity index (χ0v) is 18.1. The van der Waals surface area contributed by atoms with E-state index in [1.165, 1.54) is 0 Å². The lowest BCUT2D eigenvalue weighted by atomic mass is 9.95. The second kappa shape index (κ2) is 9.32. The molecule has 1 N–H and O–H groups in total. The number of nitrogens with one attached hydrogen (secondary N) is 1. The van der Waals surface area contributed by atoms with Crippen LogP contribution in [0.5, 0.6) is 5.75 Å². The SMILES string of the molecule is CNc1nc(C2CCN(C(C)=O)CC2)nc2c1CCN(C(=O)COc1ccccc1)C2. The Bertz CT molecular complexity index is 942. The summed E-state index contributed by atoms with van der Waals surface area (Å²) in [4.78, 5) is 37.7. The molecule has 1 aromatic heterocycles. The summed E-state index contributed by atoms with van der Waals surface area (Å²) in [7, 11) is 1.87. The van der Waals surface area contributed by atoms with Crippen molar-refractivity contribution in [1.29, 1.82) is 0 Å². The second-order valence-electron chi connectivity index (χ2n) is 8.05. The Morgan fingerprint density at radius 2 is 1.84 bits per heavy atom. The molecule has 31 heavy (non-hydrogen) atoms. The molecule has 0 bridgehead atoms. The zero-order chi connectivity index (χ0) is 21.8. The lowest BCUT2D eigenvalue weighted by molar-refractivity contribution is -0.134. The summed E-state index contributed by atoms with van der Waals surface area (Å²) in [6.07, 6.45) is 2.43. The third-order valence-electron chi connectivity index (χ3n) is 6.08. The molecule has 1 saturated heterocycles. The van der Waals surface area contributed by atoms with Crippen molar-refractivity contribution in [3.63, 3.8) is 0 Å². The van der Waals surface area contributed by atoms with Gasteiger partial charge in [0.1, 0.15) is 17.4 Å². The molecule has 2 aliphatic rings. The van der Waals surface area contributed by atoms with Crippen LogP contribution >= 0.6 is 0 Å². The van der Waals surface area contributed by atoms with Gasteiger partial charge < -0.3 is 19.9 Å². The van der Waals surface area contributed by atoms with Crippen molar-refractivity contribution in [3.8, 4) is 5.75 Å². The highest BCUT2D eigenvalue weighted by Crippen LogP contribution is 2.30. The number of hydrogen-bond donors (Lipinski definition) is 1. The molecule has 1 aromatic carbocycles.